The fourth-order valence-corrected chi connectivity index (χ4v) is 1.75. The number of hydrogen-bond acceptors (Lipinski definition) is 2. The zero-order valence-electron chi connectivity index (χ0n) is 8.82. The van der Waals surface area contributed by atoms with Crippen LogP contribution < -0.4 is 5.32 Å². The van der Waals surface area contributed by atoms with Crippen molar-refractivity contribution in [1.82, 2.24) is 5.32 Å². The Hall–Kier alpha value is -0.570. The zero-order chi connectivity index (χ0) is 9.64. The minimum absolute atomic E-state index is 0. The second-order valence-corrected chi connectivity index (χ2v) is 3.76. The molecule has 0 aliphatic carbocycles. The largest absolute Gasteiger partial charge is 0.372 e. The average Bonchev–Trinajstić information content (AvgIpc) is 2.29. The van der Waals surface area contributed by atoms with Crippen molar-refractivity contribution in [3.63, 3.8) is 0 Å². The van der Waals surface area contributed by atoms with Gasteiger partial charge in [-0.25, -0.2) is 0 Å². The Morgan fingerprint density at radius 3 is 2.73 bits per heavy atom. The van der Waals surface area contributed by atoms with Crippen LogP contribution in [0, 0.1) is 0 Å². The van der Waals surface area contributed by atoms with Crippen LogP contribution in [0.3, 0.4) is 0 Å². The second kappa shape index (κ2) is 6.83. The van der Waals surface area contributed by atoms with E-state index >= 15 is 0 Å². The summed E-state index contributed by atoms with van der Waals surface area (Å²) in [6.07, 6.45) is 2.84. The van der Waals surface area contributed by atoms with E-state index in [9.17, 15) is 0 Å². The summed E-state index contributed by atoms with van der Waals surface area (Å²) in [5.74, 6) is 0. The first-order valence-electron chi connectivity index (χ1n) is 5.31. The third-order valence-electron chi connectivity index (χ3n) is 2.58. The van der Waals surface area contributed by atoms with E-state index in [1.807, 2.05) is 6.07 Å². The Labute approximate surface area is 97.4 Å². The first-order valence-corrected chi connectivity index (χ1v) is 5.31. The van der Waals surface area contributed by atoms with Crippen LogP contribution >= 0.6 is 12.4 Å². The Bertz CT molecular complexity index is 260. The van der Waals surface area contributed by atoms with Crippen molar-refractivity contribution in [3.8, 4) is 0 Å². The van der Waals surface area contributed by atoms with Crippen LogP contribution in [-0.4, -0.2) is 19.2 Å². The van der Waals surface area contributed by atoms with E-state index in [0.717, 1.165) is 19.7 Å². The van der Waals surface area contributed by atoms with Gasteiger partial charge in [0.05, 0.1) is 12.7 Å². The van der Waals surface area contributed by atoms with Crippen molar-refractivity contribution in [3.05, 3.63) is 35.9 Å². The minimum Gasteiger partial charge on any atom is -0.372 e. The highest BCUT2D eigenvalue weighted by molar-refractivity contribution is 5.85. The molecule has 1 atom stereocenters. The third kappa shape index (κ3) is 4.20. The molecule has 0 radical (unpaired) electrons. The zero-order valence-corrected chi connectivity index (χ0v) is 9.63. The molecule has 1 aliphatic heterocycles. The Morgan fingerprint density at radius 1 is 1.27 bits per heavy atom. The van der Waals surface area contributed by atoms with Crippen molar-refractivity contribution < 1.29 is 4.74 Å². The van der Waals surface area contributed by atoms with Gasteiger partial charge in [0.25, 0.3) is 0 Å². The van der Waals surface area contributed by atoms with Crippen molar-refractivity contribution in [2.75, 3.05) is 13.1 Å². The number of piperidine rings is 1. The molecule has 1 aromatic carbocycles. The van der Waals surface area contributed by atoms with E-state index in [-0.39, 0.29) is 12.4 Å². The molecular weight excluding hydrogens is 210 g/mol. The van der Waals surface area contributed by atoms with Gasteiger partial charge in [-0.1, -0.05) is 30.3 Å². The molecule has 3 heteroatoms. The number of benzene rings is 1. The predicted molar refractivity (Wildman–Crippen MR) is 64.4 cm³/mol. The Balaban J connectivity index is 0.00000112. The van der Waals surface area contributed by atoms with E-state index in [4.69, 9.17) is 4.74 Å². The lowest BCUT2D eigenvalue weighted by Gasteiger charge is -2.23. The normalized spacial score (nSPS) is 20.7. The van der Waals surface area contributed by atoms with Crippen molar-refractivity contribution in [2.24, 2.45) is 0 Å². The molecule has 1 aliphatic rings. The van der Waals surface area contributed by atoms with Gasteiger partial charge < -0.3 is 10.1 Å². The summed E-state index contributed by atoms with van der Waals surface area (Å²) in [7, 11) is 0. The summed E-state index contributed by atoms with van der Waals surface area (Å²) in [6.45, 7) is 2.89. The highest BCUT2D eigenvalue weighted by Gasteiger charge is 2.12. The second-order valence-electron chi connectivity index (χ2n) is 3.76. The van der Waals surface area contributed by atoms with Crippen LogP contribution in [0.1, 0.15) is 18.4 Å². The van der Waals surface area contributed by atoms with Gasteiger partial charge in [-0.3, -0.25) is 0 Å². The summed E-state index contributed by atoms with van der Waals surface area (Å²) in [6, 6.07) is 10.4. The molecular formula is C12H18ClNO. The standard InChI is InChI=1S/C12H17NO.ClH/c1-2-5-11(6-3-1)10-14-12-7-4-8-13-9-12;/h1-3,5-6,12-13H,4,7-10H2;1H. The molecule has 15 heavy (non-hydrogen) atoms. The van der Waals surface area contributed by atoms with E-state index in [2.05, 4.69) is 29.6 Å². The monoisotopic (exact) mass is 227 g/mol. The summed E-state index contributed by atoms with van der Waals surface area (Å²) in [5.41, 5.74) is 1.26. The SMILES string of the molecule is Cl.c1ccc(COC2CCCNC2)cc1. The third-order valence-corrected chi connectivity index (χ3v) is 2.58. The topological polar surface area (TPSA) is 21.3 Å². The molecule has 1 fully saturated rings. The van der Waals surface area contributed by atoms with Crippen molar-refractivity contribution >= 4 is 12.4 Å². The summed E-state index contributed by atoms with van der Waals surface area (Å²) in [5, 5.41) is 3.35. The lowest BCUT2D eigenvalue weighted by atomic mass is 10.1. The average molecular weight is 228 g/mol. The van der Waals surface area contributed by atoms with E-state index < -0.39 is 0 Å². The Morgan fingerprint density at radius 2 is 2.07 bits per heavy atom. The Kier molecular flexibility index (Phi) is 5.69. The molecule has 0 saturated carbocycles. The fraction of sp³-hybridized carbons (Fsp3) is 0.500. The van der Waals surface area contributed by atoms with Crippen LogP contribution in [0.5, 0.6) is 0 Å². The van der Waals surface area contributed by atoms with Crippen LogP contribution in [0.15, 0.2) is 30.3 Å². The lowest BCUT2D eigenvalue weighted by Crippen LogP contribution is -2.35. The molecule has 0 spiro atoms. The molecule has 1 heterocycles. The first-order chi connectivity index (χ1) is 6.95. The van der Waals surface area contributed by atoms with Gasteiger partial charge in [-0.15, -0.1) is 12.4 Å². The predicted octanol–water partition coefficient (Wildman–Crippen LogP) is 2.38. The number of ether oxygens (including phenoxy) is 1. The van der Waals surface area contributed by atoms with Gasteiger partial charge in [0.2, 0.25) is 0 Å². The van der Waals surface area contributed by atoms with Gasteiger partial charge in [-0.2, -0.15) is 0 Å². The highest BCUT2D eigenvalue weighted by atomic mass is 35.5. The molecule has 1 N–H and O–H groups in total. The first kappa shape index (κ1) is 12.5. The quantitative estimate of drug-likeness (QED) is 0.856. The number of rotatable bonds is 3. The van der Waals surface area contributed by atoms with E-state index in [1.54, 1.807) is 0 Å². The molecule has 2 nitrogen and oxygen atoms in total. The highest BCUT2D eigenvalue weighted by Crippen LogP contribution is 2.09. The molecule has 0 aromatic heterocycles. The van der Waals surface area contributed by atoms with Crippen LogP contribution in [-0.2, 0) is 11.3 Å². The van der Waals surface area contributed by atoms with Gasteiger partial charge in [0.1, 0.15) is 0 Å². The number of nitrogens with one attached hydrogen (secondary N) is 1. The molecule has 0 bridgehead atoms. The molecule has 2 rings (SSSR count). The smallest absolute Gasteiger partial charge is 0.0721 e. The molecule has 84 valence electrons. The number of halogens is 1. The van der Waals surface area contributed by atoms with Gasteiger partial charge in [0, 0.05) is 6.54 Å². The van der Waals surface area contributed by atoms with Gasteiger partial charge in [0.15, 0.2) is 0 Å². The fourth-order valence-electron chi connectivity index (χ4n) is 1.75. The maximum Gasteiger partial charge on any atom is 0.0721 e. The van der Waals surface area contributed by atoms with Gasteiger partial charge >= 0.3 is 0 Å². The maximum atomic E-state index is 5.81. The molecule has 1 unspecified atom stereocenters. The summed E-state index contributed by atoms with van der Waals surface area (Å²) < 4.78 is 5.81. The molecule has 0 amide bonds. The lowest BCUT2D eigenvalue weighted by molar-refractivity contribution is 0.0253. The van der Waals surface area contributed by atoms with Crippen molar-refractivity contribution in [2.45, 2.75) is 25.6 Å². The molecule has 1 saturated heterocycles. The van der Waals surface area contributed by atoms with E-state index in [1.165, 1.54) is 18.4 Å². The minimum atomic E-state index is 0. The maximum absolute atomic E-state index is 5.81. The van der Waals surface area contributed by atoms with Crippen LogP contribution in [0.2, 0.25) is 0 Å². The summed E-state index contributed by atoms with van der Waals surface area (Å²) in [4.78, 5) is 0. The number of hydrogen-bond donors (Lipinski definition) is 1. The molecule has 1 aromatic rings. The van der Waals surface area contributed by atoms with Crippen molar-refractivity contribution in [1.29, 1.82) is 0 Å². The summed E-state index contributed by atoms with van der Waals surface area (Å²) >= 11 is 0. The van der Waals surface area contributed by atoms with Crippen LogP contribution in [0.4, 0.5) is 0 Å². The van der Waals surface area contributed by atoms with E-state index in [0.29, 0.717) is 6.10 Å². The van der Waals surface area contributed by atoms with Gasteiger partial charge in [-0.05, 0) is 24.9 Å². The van der Waals surface area contributed by atoms with Crippen LogP contribution in [0.25, 0.3) is 0 Å².